The number of nitrogens with zero attached hydrogens (tertiary/aromatic N) is 1. The second-order valence-electron chi connectivity index (χ2n) is 5.93. The summed E-state index contributed by atoms with van der Waals surface area (Å²) < 4.78 is 0. The Hall–Kier alpha value is -0.510. The van der Waals surface area contributed by atoms with Crippen molar-refractivity contribution in [1.29, 1.82) is 5.26 Å². The van der Waals surface area contributed by atoms with Crippen molar-refractivity contribution in [1.82, 2.24) is 0 Å². The van der Waals surface area contributed by atoms with Gasteiger partial charge in [0, 0.05) is 0 Å². The molecule has 98 valence electrons. The number of hydrogen-bond acceptors (Lipinski definition) is 1. The van der Waals surface area contributed by atoms with Gasteiger partial charge < -0.3 is 0 Å². The van der Waals surface area contributed by atoms with E-state index >= 15 is 0 Å². The first-order chi connectivity index (χ1) is 8.26. The first-order valence-electron chi connectivity index (χ1n) is 7.67. The molecule has 1 nitrogen and oxygen atoms in total. The maximum Gasteiger partial charge on any atom is 0.0689 e. The molecule has 0 radical (unpaired) electrons. The molecule has 1 heteroatoms. The Morgan fingerprint density at radius 1 is 1.12 bits per heavy atom. The van der Waals surface area contributed by atoms with Crippen LogP contribution in [0.2, 0.25) is 0 Å². The summed E-state index contributed by atoms with van der Waals surface area (Å²) in [5.41, 5.74) is 0.0609. The van der Waals surface area contributed by atoms with Crippen LogP contribution in [-0.4, -0.2) is 0 Å². The molecule has 1 aliphatic carbocycles. The third kappa shape index (κ3) is 4.70. The molecule has 2 unspecified atom stereocenters. The van der Waals surface area contributed by atoms with Gasteiger partial charge in [-0.15, -0.1) is 0 Å². The van der Waals surface area contributed by atoms with Gasteiger partial charge in [0.1, 0.15) is 0 Å². The molecule has 17 heavy (non-hydrogen) atoms. The average molecular weight is 235 g/mol. The molecule has 0 heterocycles. The molecule has 0 saturated heterocycles. The van der Waals surface area contributed by atoms with Crippen molar-refractivity contribution in [2.45, 2.75) is 84.5 Å². The molecule has 1 saturated carbocycles. The van der Waals surface area contributed by atoms with Crippen molar-refractivity contribution in [3.05, 3.63) is 0 Å². The Kier molecular flexibility index (Phi) is 6.63. The summed E-state index contributed by atoms with van der Waals surface area (Å²) in [6, 6.07) is 2.64. The fourth-order valence-electron chi connectivity index (χ4n) is 3.21. The van der Waals surface area contributed by atoms with Crippen LogP contribution in [0, 0.1) is 22.7 Å². The lowest BCUT2D eigenvalue weighted by Gasteiger charge is -2.20. The highest BCUT2D eigenvalue weighted by Gasteiger charge is 2.37. The molecule has 0 aromatic heterocycles. The standard InChI is InChI=1S/C16H29N/c1-3-5-6-7-8-9-11-16(14-17)12-10-15(4-2)13-16/h15H,3-13H2,1-2H3. The number of rotatable bonds is 8. The van der Waals surface area contributed by atoms with Gasteiger partial charge in [-0.05, 0) is 31.6 Å². The van der Waals surface area contributed by atoms with Crippen LogP contribution in [0.1, 0.15) is 84.5 Å². The molecule has 0 aromatic rings. The van der Waals surface area contributed by atoms with E-state index in [0.29, 0.717) is 0 Å². The van der Waals surface area contributed by atoms with E-state index in [2.05, 4.69) is 19.9 Å². The zero-order chi connectivity index (χ0) is 12.6. The van der Waals surface area contributed by atoms with Crippen molar-refractivity contribution < 1.29 is 0 Å². The number of nitriles is 1. The molecule has 1 fully saturated rings. The van der Waals surface area contributed by atoms with Crippen LogP contribution < -0.4 is 0 Å². The fraction of sp³-hybridized carbons (Fsp3) is 0.938. The van der Waals surface area contributed by atoms with Crippen molar-refractivity contribution in [2.75, 3.05) is 0 Å². The van der Waals surface area contributed by atoms with E-state index in [9.17, 15) is 5.26 Å². The minimum Gasteiger partial charge on any atom is -0.198 e. The quantitative estimate of drug-likeness (QED) is 0.513. The molecule has 0 spiro atoms. The molecular formula is C16H29N. The van der Waals surface area contributed by atoms with E-state index in [-0.39, 0.29) is 5.41 Å². The van der Waals surface area contributed by atoms with E-state index in [1.54, 1.807) is 0 Å². The topological polar surface area (TPSA) is 23.8 Å². The predicted octanol–water partition coefficient (Wildman–Crippen LogP) is 5.46. The van der Waals surface area contributed by atoms with Gasteiger partial charge in [0.15, 0.2) is 0 Å². The fourth-order valence-corrected chi connectivity index (χ4v) is 3.21. The Balaban J connectivity index is 2.18. The first kappa shape index (κ1) is 14.6. The average Bonchev–Trinajstić information content (AvgIpc) is 2.78. The monoisotopic (exact) mass is 235 g/mol. The lowest BCUT2D eigenvalue weighted by Crippen LogP contribution is -2.14. The molecule has 1 aliphatic rings. The third-order valence-corrected chi connectivity index (χ3v) is 4.53. The van der Waals surface area contributed by atoms with E-state index in [4.69, 9.17) is 0 Å². The predicted molar refractivity (Wildman–Crippen MR) is 73.7 cm³/mol. The van der Waals surface area contributed by atoms with Gasteiger partial charge in [-0.3, -0.25) is 0 Å². The van der Waals surface area contributed by atoms with Crippen LogP contribution in [0.25, 0.3) is 0 Å². The van der Waals surface area contributed by atoms with E-state index in [1.165, 1.54) is 57.8 Å². The van der Waals surface area contributed by atoms with Crippen LogP contribution in [0.5, 0.6) is 0 Å². The molecule has 0 aromatic carbocycles. The van der Waals surface area contributed by atoms with Crippen molar-refractivity contribution >= 4 is 0 Å². The summed E-state index contributed by atoms with van der Waals surface area (Å²) in [5, 5.41) is 9.42. The summed E-state index contributed by atoms with van der Waals surface area (Å²) in [4.78, 5) is 0. The normalized spacial score (nSPS) is 28.2. The maximum atomic E-state index is 9.42. The summed E-state index contributed by atoms with van der Waals surface area (Å²) in [6.07, 6.45) is 14.1. The Morgan fingerprint density at radius 3 is 2.41 bits per heavy atom. The molecule has 2 atom stereocenters. The van der Waals surface area contributed by atoms with Gasteiger partial charge in [0.2, 0.25) is 0 Å². The van der Waals surface area contributed by atoms with Gasteiger partial charge in [-0.1, -0.05) is 58.8 Å². The molecular weight excluding hydrogens is 206 g/mol. The minimum absolute atomic E-state index is 0.0609. The lowest BCUT2D eigenvalue weighted by atomic mass is 9.81. The minimum atomic E-state index is 0.0609. The molecule has 1 rings (SSSR count). The van der Waals surface area contributed by atoms with Gasteiger partial charge >= 0.3 is 0 Å². The van der Waals surface area contributed by atoms with Crippen molar-refractivity contribution in [2.24, 2.45) is 11.3 Å². The maximum absolute atomic E-state index is 9.42. The number of unbranched alkanes of at least 4 members (excludes halogenated alkanes) is 5. The van der Waals surface area contributed by atoms with Crippen LogP contribution in [-0.2, 0) is 0 Å². The summed E-state index contributed by atoms with van der Waals surface area (Å²) in [5.74, 6) is 0.828. The zero-order valence-electron chi connectivity index (χ0n) is 11.8. The molecule has 0 aliphatic heterocycles. The Morgan fingerprint density at radius 2 is 1.82 bits per heavy atom. The van der Waals surface area contributed by atoms with E-state index in [1.807, 2.05) is 0 Å². The lowest BCUT2D eigenvalue weighted by molar-refractivity contribution is 0.338. The van der Waals surface area contributed by atoms with Gasteiger partial charge in [-0.2, -0.15) is 5.26 Å². The van der Waals surface area contributed by atoms with E-state index in [0.717, 1.165) is 18.8 Å². The van der Waals surface area contributed by atoms with Crippen molar-refractivity contribution in [3.63, 3.8) is 0 Å². The zero-order valence-corrected chi connectivity index (χ0v) is 11.8. The summed E-state index contributed by atoms with van der Waals surface area (Å²) >= 11 is 0. The second-order valence-corrected chi connectivity index (χ2v) is 5.93. The van der Waals surface area contributed by atoms with Crippen LogP contribution >= 0.6 is 0 Å². The Labute approximate surface area is 108 Å². The smallest absolute Gasteiger partial charge is 0.0689 e. The molecule has 0 amide bonds. The number of hydrogen-bond donors (Lipinski definition) is 0. The van der Waals surface area contributed by atoms with Gasteiger partial charge in [-0.25, -0.2) is 0 Å². The van der Waals surface area contributed by atoms with Crippen LogP contribution in [0.3, 0.4) is 0 Å². The van der Waals surface area contributed by atoms with Crippen LogP contribution in [0.4, 0.5) is 0 Å². The molecule has 0 bridgehead atoms. The first-order valence-corrected chi connectivity index (χ1v) is 7.67. The summed E-state index contributed by atoms with van der Waals surface area (Å²) in [6.45, 7) is 4.52. The van der Waals surface area contributed by atoms with Gasteiger partial charge in [0.25, 0.3) is 0 Å². The second kappa shape index (κ2) is 7.75. The van der Waals surface area contributed by atoms with Crippen LogP contribution in [0.15, 0.2) is 0 Å². The summed E-state index contributed by atoms with van der Waals surface area (Å²) in [7, 11) is 0. The highest BCUT2D eigenvalue weighted by Crippen LogP contribution is 2.46. The van der Waals surface area contributed by atoms with E-state index < -0.39 is 0 Å². The largest absolute Gasteiger partial charge is 0.198 e. The molecule has 0 N–H and O–H groups in total. The van der Waals surface area contributed by atoms with Crippen molar-refractivity contribution in [3.8, 4) is 6.07 Å². The third-order valence-electron chi connectivity index (χ3n) is 4.53. The highest BCUT2D eigenvalue weighted by atomic mass is 14.4. The Bertz CT molecular complexity index is 240. The highest BCUT2D eigenvalue weighted by molar-refractivity contribution is 5.03. The van der Waals surface area contributed by atoms with Gasteiger partial charge in [0.05, 0.1) is 11.5 Å². The SMILES string of the molecule is CCCCCCCCC1(C#N)CCC(CC)C1.